The fourth-order valence-electron chi connectivity index (χ4n) is 3.39. The van der Waals surface area contributed by atoms with Crippen molar-refractivity contribution in [1.29, 1.82) is 0 Å². The Bertz CT molecular complexity index is 935. The number of hydrogen-bond acceptors (Lipinski definition) is 4. The van der Waals surface area contributed by atoms with Gasteiger partial charge in [0.25, 0.3) is 0 Å². The van der Waals surface area contributed by atoms with Gasteiger partial charge in [-0.05, 0) is 47.9 Å². The Morgan fingerprint density at radius 1 is 1.11 bits per heavy atom. The highest BCUT2D eigenvalue weighted by Gasteiger charge is 2.28. The summed E-state index contributed by atoms with van der Waals surface area (Å²) in [6.45, 7) is 5.03. The van der Waals surface area contributed by atoms with E-state index in [0.717, 1.165) is 16.8 Å². The number of phenols is 1. The minimum Gasteiger partial charge on any atom is -0.508 e. The van der Waals surface area contributed by atoms with Crippen LogP contribution in [0.25, 0.3) is 0 Å². The van der Waals surface area contributed by atoms with Crippen LogP contribution in [0.15, 0.2) is 47.4 Å². The molecular weight excluding hydrogens is 364 g/mol. The van der Waals surface area contributed by atoms with Crippen LogP contribution in [0.5, 0.6) is 5.75 Å². The number of anilines is 1. The first-order chi connectivity index (χ1) is 12.9. The van der Waals surface area contributed by atoms with Gasteiger partial charge in [0.2, 0.25) is 15.9 Å². The molecule has 2 aromatic rings. The largest absolute Gasteiger partial charge is 0.508 e. The number of amides is 1. The summed E-state index contributed by atoms with van der Waals surface area (Å²) in [4.78, 5) is 14.7. The molecule has 0 fully saturated rings. The van der Waals surface area contributed by atoms with E-state index in [9.17, 15) is 18.3 Å². The summed E-state index contributed by atoms with van der Waals surface area (Å²) in [5.41, 5.74) is 2.48. The van der Waals surface area contributed by atoms with Crippen LogP contribution in [0.3, 0.4) is 0 Å². The maximum absolute atomic E-state index is 12.7. The zero-order valence-corrected chi connectivity index (χ0v) is 16.4. The number of hydrogen-bond donors (Lipinski definition) is 1. The molecular formula is C20H24N2O4S. The molecule has 0 unspecified atom stereocenters. The molecule has 0 atom stereocenters. The van der Waals surface area contributed by atoms with Crippen molar-refractivity contribution < 1.29 is 18.3 Å². The second-order valence-corrected chi connectivity index (χ2v) is 8.46. The van der Waals surface area contributed by atoms with E-state index >= 15 is 0 Å². The van der Waals surface area contributed by atoms with Gasteiger partial charge in [0.05, 0.1) is 11.3 Å². The molecule has 144 valence electrons. The predicted molar refractivity (Wildman–Crippen MR) is 104 cm³/mol. The van der Waals surface area contributed by atoms with Crippen LogP contribution in [0.1, 0.15) is 25.0 Å². The highest BCUT2D eigenvalue weighted by Crippen LogP contribution is 2.31. The van der Waals surface area contributed by atoms with Gasteiger partial charge in [0.15, 0.2) is 0 Å². The second-order valence-electron chi connectivity index (χ2n) is 6.52. The first kappa shape index (κ1) is 19.4. The average Bonchev–Trinajstić information content (AvgIpc) is 3.07. The number of carbonyl (C=O) groups excluding carboxylic acids is 1. The van der Waals surface area contributed by atoms with E-state index in [4.69, 9.17) is 0 Å². The quantitative estimate of drug-likeness (QED) is 0.825. The third kappa shape index (κ3) is 3.84. The molecule has 0 saturated heterocycles. The fraction of sp³-hybridized carbons (Fsp3) is 0.350. The molecule has 6 nitrogen and oxygen atoms in total. The molecule has 1 N–H and O–H groups in total. The molecule has 0 radical (unpaired) electrons. The highest BCUT2D eigenvalue weighted by molar-refractivity contribution is 7.89. The minimum atomic E-state index is -3.51. The maximum Gasteiger partial charge on any atom is 0.243 e. The normalized spacial score (nSPS) is 13.8. The third-order valence-corrected chi connectivity index (χ3v) is 6.93. The number of nitrogens with zero attached hydrogens (tertiary/aromatic N) is 2. The maximum atomic E-state index is 12.7. The zero-order chi connectivity index (χ0) is 19.6. The first-order valence-corrected chi connectivity index (χ1v) is 10.5. The molecule has 0 spiro atoms. The number of carbonyl (C=O) groups is 1. The first-order valence-electron chi connectivity index (χ1n) is 9.08. The SMILES string of the molecule is CCN(CC)S(=O)(=O)c1ccc2c(c1)CCN2C(=O)Cc1ccc(O)cc1. The van der Waals surface area contributed by atoms with Crippen molar-refractivity contribution in [3.05, 3.63) is 53.6 Å². The zero-order valence-electron chi connectivity index (χ0n) is 15.6. The molecule has 0 aromatic heterocycles. The molecule has 7 heteroatoms. The van der Waals surface area contributed by atoms with Crippen molar-refractivity contribution >= 4 is 21.6 Å². The lowest BCUT2D eigenvalue weighted by Gasteiger charge is -2.20. The molecule has 2 aromatic carbocycles. The van der Waals surface area contributed by atoms with Gasteiger partial charge in [-0.15, -0.1) is 0 Å². The molecule has 0 bridgehead atoms. The van der Waals surface area contributed by atoms with Crippen molar-refractivity contribution in [1.82, 2.24) is 4.31 Å². The van der Waals surface area contributed by atoms with E-state index in [-0.39, 0.29) is 23.0 Å². The Kier molecular flexibility index (Phi) is 5.53. The van der Waals surface area contributed by atoms with E-state index in [2.05, 4.69) is 0 Å². The summed E-state index contributed by atoms with van der Waals surface area (Å²) in [7, 11) is -3.51. The Morgan fingerprint density at radius 3 is 2.41 bits per heavy atom. The van der Waals surface area contributed by atoms with Crippen LogP contribution in [-0.2, 0) is 27.7 Å². The van der Waals surface area contributed by atoms with Crippen molar-refractivity contribution in [3.8, 4) is 5.75 Å². The molecule has 0 aliphatic carbocycles. The number of aromatic hydroxyl groups is 1. The number of sulfonamides is 1. The average molecular weight is 388 g/mol. The van der Waals surface area contributed by atoms with E-state index < -0.39 is 10.0 Å². The van der Waals surface area contributed by atoms with Gasteiger partial charge in [0, 0.05) is 25.3 Å². The van der Waals surface area contributed by atoms with Gasteiger partial charge in [0.1, 0.15) is 5.75 Å². The van der Waals surface area contributed by atoms with Crippen LogP contribution in [0, 0.1) is 0 Å². The lowest BCUT2D eigenvalue weighted by Crippen LogP contribution is -2.31. The van der Waals surface area contributed by atoms with Crippen molar-refractivity contribution in [2.45, 2.75) is 31.6 Å². The summed E-state index contributed by atoms with van der Waals surface area (Å²) in [5.74, 6) is 0.124. The number of benzene rings is 2. The summed E-state index contributed by atoms with van der Waals surface area (Å²) >= 11 is 0. The molecule has 3 rings (SSSR count). The van der Waals surface area contributed by atoms with Crippen LogP contribution in [-0.4, -0.2) is 43.4 Å². The van der Waals surface area contributed by atoms with Crippen LogP contribution < -0.4 is 4.90 Å². The number of phenolic OH excluding ortho intramolecular Hbond substituents is 1. The lowest BCUT2D eigenvalue weighted by molar-refractivity contribution is -0.117. The topological polar surface area (TPSA) is 77.9 Å². The second kappa shape index (κ2) is 7.70. The van der Waals surface area contributed by atoms with Crippen LogP contribution in [0.2, 0.25) is 0 Å². The number of fused-ring (bicyclic) bond motifs is 1. The van der Waals surface area contributed by atoms with Gasteiger partial charge in [-0.25, -0.2) is 8.42 Å². The molecule has 0 saturated carbocycles. The summed E-state index contributed by atoms with van der Waals surface area (Å²) in [5, 5.41) is 9.35. The van der Waals surface area contributed by atoms with E-state index in [0.29, 0.717) is 26.1 Å². The number of rotatable bonds is 6. The van der Waals surface area contributed by atoms with Crippen LogP contribution >= 0.6 is 0 Å². The fourth-order valence-corrected chi connectivity index (χ4v) is 4.90. The van der Waals surface area contributed by atoms with Crippen LogP contribution in [0.4, 0.5) is 5.69 Å². The molecule has 27 heavy (non-hydrogen) atoms. The lowest BCUT2D eigenvalue weighted by atomic mass is 10.1. The standard InChI is InChI=1S/C20H24N2O4S/c1-3-21(4-2)27(25,26)18-9-10-19-16(14-18)11-12-22(19)20(24)13-15-5-7-17(23)8-6-15/h5-10,14,23H,3-4,11-13H2,1-2H3. The van der Waals surface area contributed by atoms with Gasteiger partial charge < -0.3 is 10.0 Å². The Hall–Kier alpha value is -2.38. The Balaban J connectivity index is 1.82. The van der Waals surface area contributed by atoms with E-state index in [1.807, 2.05) is 13.8 Å². The van der Waals surface area contributed by atoms with Gasteiger partial charge in [-0.1, -0.05) is 26.0 Å². The predicted octanol–water partition coefficient (Wildman–Crippen LogP) is 2.55. The van der Waals surface area contributed by atoms with Gasteiger partial charge in [-0.3, -0.25) is 4.79 Å². The van der Waals surface area contributed by atoms with Crippen molar-refractivity contribution in [2.75, 3.05) is 24.5 Å². The third-order valence-electron chi connectivity index (χ3n) is 4.88. The summed E-state index contributed by atoms with van der Waals surface area (Å²) in [6, 6.07) is 11.6. The molecule has 1 heterocycles. The van der Waals surface area contributed by atoms with E-state index in [1.165, 1.54) is 4.31 Å². The Morgan fingerprint density at radius 2 is 1.78 bits per heavy atom. The highest BCUT2D eigenvalue weighted by atomic mass is 32.2. The van der Waals surface area contributed by atoms with Crippen molar-refractivity contribution in [3.63, 3.8) is 0 Å². The molecule has 1 amide bonds. The van der Waals surface area contributed by atoms with Gasteiger partial charge in [-0.2, -0.15) is 4.31 Å². The minimum absolute atomic E-state index is 0.0428. The molecule has 1 aliphatic rings. The van der Waals surface area contributed by atoms with Crippen molar-refractivity contribution in [2.24, 2.45) is 0 Å². The van der Waals surface area contributed by atoms with Gasteiger partial charge >= 0.3 is 0 Å². The smallest absolute Gasteiger partial charge is 0.243 e. The summed E-state index contributed by atoms with van der Waals surface area (Å²) < 4.78 is 26.8. The molecule has 1 aliphatic heterocycles. The summed E-state index contributed by atoms with van der Waals surface area (Å²) in [6.07, 6.45) is 0.872. The monoisotopic (exact) mass is 388 g/mol. The Labute approximate surface area is 160 Å². The van der Waals surface area contributed by atoms with E-state index in [1.54, 1.807) is 47.4 Å².